The number of aromatic nitrogens is 2. The molecule has 0 spiro atoms. The van der Waals surface area contributed by atoms with E-state index in [1.54, 1.807) is 6.07 Å². The van der Waals surface area contributed by atoms with E-state index >= 15 is 0 Å². The summed E-state index contributed by atoms with van der Waals surface area (Å²) >= 11 is 0. The lowest BCUT2D eigenvalue weighted by atomic mass is 10.1. The second-order valence-corrected chi connectivity index (χ2v) is 2.76. The first-order chi connectivity index (χ1) is 6.70. The maximum atomic E-state index is 11.2. The van der Waals surface area contributed by atoms with Crippen LogP contribution in [0.4, 0.5) is 0 Å². The van der Waals surface area contributed by atoms with Crippen molar-refractivity contribution in [3.8, 4) is 0 Å². The van der Waals surface area contributed by atoms with E-state index in [1.807, 2.05) is 0 Å². The molecule has 0 amide bonds. The van der Waals surface area contributed by atoms with Crippen molar-refractivity contribution in [1.82, 2.24) is 9.97 Å². The molecular weight excluding hydrogens is 184 g/mol. The minimum atomic E-state index is -1.46. The Bertz CT molecular complexity index is 516. The lowest BCUT2D eigenvalue weighted by Crippen LogP contribution is -2.11. The van der Waals surface area contributed by atoms with Gasteiger partial charge >= 0.3 is 5.97 Å². The zero-order valence-electron chi connectivity index (χ0n) is 7.02. The number of nitrogens with zero attached hydrogens (tertiary/aromatic N) is 1. The highest BCUT2D eigenvalue weighted by Crippen LogP contribution is 2.16. The second kappa shape index (κ2) is 2.95. The van der Waals surface area contributed by atoms with Gasteiger partial charge in [0, 0.05) is 17.8 Å². The third-order valence-electron chi connectivity index (χ3n) is 1.92. The van der Waals surface area contributed by atoms with Gasteiger partial charge in [0.15, 0.2) is 0 Å². The van der Waals surface area contributed by atoms with E-state index in [4.69, 9.17) is 5.11 Å². The predicted molar refractivity (Wildman–Crippen MR) is 48.1 cm³/mol. The number of carboxylic acids is 1. The summed E-state index contributed by atoms with van der Waals surface area (Å²) in [5.74, 6) is -2.37. The Kier molecular flexibility index (Phi) is 1.78. The minimum Gasteiger partial charge on any atom is -0.475 e. The van der Waals surface area contributed by atoms with Crippen LogP contribution in [0.5, 0.6) is 0 Å². The van der Waals surface area contributed by atoms with Crippen molar-refractivity contribution in [3.05, 3.63) is 30.2 Å². The van der Waals surface area contributed by atoms with E-state index in [0.717, 1.165) is 0 Å². The van der Waals surface area contributed by atoms with E-state index in [-0.39, 0.29) is 5.56 Å². The molecule has 0 aliphatic heterocycles. The van der Waals surface area contributed by atoms with E-state index in [1.165, 1.54) is 18.6 Å². The van der Waals surface area contributed by atoms with Gasteiger partial charge in [0.2, 0.25) is 0 Å². The largest absolute Gasteiger partial charge is 0.475 e. The van der Waals surface area contributed by atoms with Gasteiger partial charge in [-0.05, 0) is 6.07 Å². The lowest BCUT2D eigenvalue weighted by molar-refractivity contribution is -0.131. The predicted octanol–water partition coefficient (Wildman–Crippen LogP) is 0.830. The SMILES string of the molecule is O=C(O)C(=O)c1c[nH]c2cnccc12. The van der Waals surface area contributed by atoms with Crippen LogP contribution in [0.15, 0.2) is 24.7 Å². The highest BCUT2D eigenvalue weighted by atomic mass is 16.4. The normalized spacial score (nSPS) is 10.3. The number of fused-ring (bicyclic) bond motifs is 1. The highest BCUT2D eigenvalue weighted by Gasteiger charge is 2.18. The first kappa shape index (κ1) is 8.43. The third kappa shape index (κ3) is 1.15. The number of aromatic amines is 1. The fraction of sp³-hybridized carbons (Fsp3) is 0. The fourth-order valence-electron chi connectivity index (χ4n) is 1.28. The van der Waals surface area contributed by atoms with Gasteiger partial charge in [-0.25, -0.2) is 4.79 Å². The van der Waals surface area contributed by atoms with Gasteiger partial charge in [0.05, 0.1) is 17.3 Å². The lowest BCUT2D eigenvalue weighted by Gasteiger charge is -1.91. The van der Waals surface area contributed by atoms with Crippen molar-refractivity contribution in [3.63, 3.8) is 0 Å². The molecule has 0 atom stereocenters. The van der Waals surface area contributed by atoms with Gasteiger partial charge in [-0.15, -0.1) is 0 Å². The van der Waals surface area contributed by atoms with Crippen LogP contribution in [0.25, 0.3) is 10.9 Å². The molecule has 0 aliphatic rings. The molecule has 14 heavy (non-hydrogen) atoms. The summed E-state index contributed by atoms with van der Waals surface area (Å²) in [7, 11) is 0. The summed E-state index contributed by atoms with van der Waals surface area (Å²) in [5.41, 5.74) is 0.812. The van der Waals surface area contributed by atoms with Crippen molar-refractivity contribution < 1.29 is 14.7 Å². The number of carbonyl (C=O) groups is 2. The Morgan fingerprint density at radius 2 is 2.21 bits per heavy atom. The highest BCUT2D eigenvalue weighted by molar-refractivity contribution is 6.42. The first-order valence-electron chi connectivity index (χ1n) is 3.89. The first-order valence-corrected chi connectivity index (χ1v) is 3.89. The Balaban J connectivity index is 2.64. The van der Waals surface area contributed by atoms with Crippen LogP contribution in [-0.4, -0.2) is 26.8 Å². The van der Waals surface area contributed by atoms with E-state index in [2.05, 4.69) is 9.97 Å². The Hall–Kier alpha value is -2.17. The number of ketones is 1. The smallest absolute Gasteiger partial charge is 0.377 e. The van der Waals surface area contributed by atoms with Crippen molar-refractivity contribution in [2.75, 3.05) is 0 Å². The van der Waals surface area contributed by atoms with Crippen molar-refractivity contribution in [2.45, 2.75) is 0 Å². The second-order valence-electron chi connectivity index (χ2n) is 2.76. The number of pyridine rings is 1. The Morgan fingerprint density at radius 3 is 2.93 bits per heavy atom. The molecule has 2 N–H and O–H groups in total. The van der Waals surface area contributed by atoms with Crippen LogP contribution in [0.3, 0.4) is 0 Å². The monoisotopic (exact) mass is 190 g/mol. The van der Waals surface area contributed by atoms with Crippen LogP contribution in [0.2, 0.25) is 0 Å². The zero-order chi connectivity index (χ0) is 10.1. The number of hydrogen-bond donors (Lipinski definition) is 2. The van der Waals surface area contributed by atoms with E-state index in [9.17, 15) is 9.59 Å². The molecule has 0 aliphatic carbocycles. The molecule has 0 fully saturated rings. The van der Waals surface area contributed by atoms with Crippen LogP contribution < -0.4 is 0 Å². The van der Waals surface area contributed by atoms with E-state index in [0.29, 0.717) is 10.9 Å². The number of carboxylic acid groups (broad SMARTS) is 1. The quantitative estimate of drug-likeness (QED) is 0.542. The summed E-state index contributed by atoms with van der Waals surface area (Å²) in [6.45, 7) is 0. The summed E-state index contributed by atoms with van der Waals surface area (Å²) < 4.78 is 0. The van der Waals surface area contributed by atoms with Gasteiger partial charge < -0.3 is 10.1 Å². The fourth-order valence-corrected chi connectivity index (χ4v) is 1.28. The van der Waals surface area contributed by atoms with Gasteiger partial charge in [0.1, 0.15) is 0 Å². The number of rotatable bonds is 2. The van der Waals surface area contributed by atoms with Crippen LogP contribution in [-0.2, 0) is 4.79 Å². The number of H-pyrrole nitrogens is 1. The summed E-state index contributed by atoms with van der Waals surface area (Å²) in [6, 6.07) is 1.60. The Morgan fingerprint density at radius 1 is 1.43 bits per heavy atom. The molecule has 0 bridgehead atoms. The van der Waals surface area contributed by atoms with Gasteiger partial charge in [0.25, 0.3) is 5.78 Å². The summed E-state index contributed by atoms with van der Waals surface area (Å²) in [4.78, 5) is 28.3. The average molecular weight is 190 g/mol. The van der Waals surface area contributed by atoms with Crippen molar-refractivity contribution in [2.24, 2.45) is 0 Å². The maximum absolute atomic E-state index is 11.2. The number of Topliss-reactive ketones (excluding diaryl/α,β-unsaturated/α-hetero) is 1. The molecule has 2 aromatic heterocycles. The summed E-state index contributed by atoms with van der Waals surface area (Å²) in [6.07, 6.45) is 4.42. The summed E-state index contributed by atoms with van der Waals surface area (Å²) in [5, 5.41) is 9.11. The third-order valence-corrected chi connectivity index (χ3v) is 1.92. The van der Waals surface area contributed by atoms with Crippen molar-refractivity contribution >= 4 is 22.7 Å². The molecule has 2 rings (SSSR count). The maximum Gasteiger partial charge on any atom is 0.377 e. The average Bonchev–Trinajstić information content (AvgIpc) is 2.60. The zero-order valence-corrected chi connectivity index (χ0v) is 7.02. The van der Waals surface area contributed by atoms with Gasteiger partial charge in [-0.3, -0.25) is 9.78 Å². The topological polar surface area (TPSA) is 83.0 Å². The molecular formula is C9H6N2O3. The minimum absolute atomic E-state index is 0.162. The van der Waals surface area contributed by atoms with Crippen LogP contribution in [0, 0.1) is 0 Å². The molecule has 5 heteroatoms. The standard InChI is InChI=1S/C9H6N2O3/c12-8(9(13)14)6-3-11-7-4-10-2-1-5(6)7/h1-4,11H,(H,13,14). The number of hydrogen-bond acceptors (Lipinski definition) is 3. The Labute approximate surface area is 78.4 Å². The molecule has 0 aromatic carbocycles. The molecule has 5 nitrogen and oxygen atoms in total. The number of nitrogens with one attached hydrogen (secondary N) is 1. The molecule has 0 saturated heterocycles. The van der Waals surface area contributed by atoms with Crippen LogP contribution >= 0.6 is 0 Å². The van der Waals surface area contributed by atoms with Crippen LogP contribution in [0.1, 0.15) is 10.4 Å². The van der Waals surface area contributed by atoms with Gasteiger partial charge in [-0.2, -0.15) is 0 Å². The van der Waals surface area contributed by atoms with E-state index < -0.39 is 11.8 Å². The molecule has 0 unspecified atom stereocenters. The van der Waals surface area contributed by atoms with Gasteiger partial charge in [-0.1, -0.05) is 0 Å². The molecule has 2 heterocycles. The molecule has 0 saturated carbocycles. The number of carbonyl (C=O) groups excluding carboxylic acids is 1. The molecule has 2 aromatic rings. The molecule has 0 radical (unpaired) electrons. The molecule has 70 valence electrons. The number of aliphatic carboxylic acids is 1. The van der Waals surface area contributed by atoms with Crippen molar-refractivity contribution in [1.29, 1.82) is 0 Å².